The summed E-state index contributed by atoms with van der Waals surface area (Å²) < 4.78 is 5.63. The first-order valence-electron chi connectivity index (χ1n) is 6.93. The Hall–Kier alpha value is -2.01. The van der Waals surface area contributed by atoms with Crippen molar-refractivity contribution >= 4 is 0 Å². The Bertz CT molecular complexity index is 491. The van der Waals surface area contributed by atoms with Crippen molar-refractivity contribution in [1.29, 1.82) is 5.26 Å². The standard InChI is InChI=1S/C17H21NO2/c1-2-5-15(6-3-12-19)7-4-13-20-17-10-8-16(14-18)9-11-17/h2,8-11,19H,3-4,6-7,12-13H2,1H3. The molecule has 0 fully saturated rings. The molecular weight excluding hydrogens is 250 g/mol. The molecule has 0 spiro atoms. The molecule has 3 heteroatoms. The van der Waals surface area contributed by atoms with Gasteiger partial charge in [-0.05, 0) is 68.5 Å². The monoisotopic (exact) mass is 271 g/mol. The maximum absolute atomic E-state index is 8.85. The van der Waals surface area contributed by atoms with E-state index in [1.54, 1.807) is 12.1 Å². The molecule has 0 amide bonds. The van der Waals surface area contributed by atoms with Crippen molar-refractivity contribution in [3.05, 3.63) is 47.2 Å². The molecule has 106 valence electrons. The number of ether oxygens (including phenoxy) is 1. The van der Waals surface area contributed by atoms with Gasteiger partial charge in [0.15, 0.2) is 0 Å². The molecular formula is C17H21NO2. The van der Waals surface area contributed by atoms with Gasteiger partial charge in [0, 0.05) is 6.61 Å². The minimum Gasteiger partial charge on any atom is -0.494 e. The van der Waals surface area contributed by atoms with Gasteiger partial charge in [-0.2, -0.15) is 5.26 Å². The van der Waals surface area contributed by atoms with Crippen LogP contribution in [0.25, 0.3) is 0 Å². The lowest BCUT2D eigenvalue weighted by Gasteiger charge is -2.07. The topological polar surface area (TPSA) is 53.2 Å². The first kappa shape index (κ1) is 16.0. The number of allylic oxidation sites excluding steroid dienone is 1. The highest BCUT2D eigenvalue weighted by atomic mass is 16.5. The zero-order valence-corrected chi connectivity index (χ0v) is 11.9. The Morgan fingerprint density at radius 2 is 1.95 bits per heavy atom. The fraction of sp³-hybridized carbons (Fsp3) is 0.412. The first-order valence-corrected chi connectivity index (χ1v) is 6.93. The fourth-order valence-corrected chi connectivity index (χ4v) is 1.87. The average Bonchev–Trinajstić information content (AvgIpc) is 2.49. The lowest BCUT2D eigenvalue weighted by Crippen LogP contribution is -1.98. The van der Waals surface area contributed by atoms with Gasteiger partial charge in [-0.1, -0.05) is 0 Å². The summed E-state index contributed by atoms with van der Waals surface area (Å²) in [5.74, 6) is 0.788. The third-order valence-corrected chi connectivity index (χ3v) is 2.86. The van der Waals surface area contributed by atoms with Crippen LogP contribution in [0.5, 0.6) is 5.75 Å². The second kappa shape index (κ2) is 9.86. The van der Waals surface area contributed by atoms with Crippen molar-refractivity contribution in [2.45, 2.75) is 32.6 Å². The normalized spacial score (nSPS) is 9.45. The van der Waals surface area contributed by atoms with Crippen LogP contribution in [-0.2, 0) is 0 Å². The van der Waals surface area contributed by atoms with Crippen molar-refractivity contribution < 1.29 is 9.84 Å². The summed E-state index contributed by atoms with van der Waals surface area (Å²) in [6.45, 7) is 2.81. The van der Waals surface area contributed by atoms with E-state index < -0.39 is 0 Å². The van der Waals surface area contributed by atoms with E-state index in [0.29, 0.717) is 12.2 Å². The smallest absolute Gasteiger partial charge is 0.119 e. The number of nitriles is 1. The van der Waals surface area contributed by atoms with Crippen molar-refractivity contribution in [3.8, 4) is 11.8 Å². The summed E-state index contributed by atoms with van der Waals surface area (Å²) in [4.78, 5) is 0. The Balaban J connectivity index is 2.32. The number of nitrogens with zero attached hydrogens (tertiary/aromatic N) is 1. The molecule has 3 nitrogen and oxygen atoms in total. The molecule has 1 rings (SSSR count). The van der Waals surface area contributed by atoms with Crippen LogP contribution in [0.4, 0.5) is 0 Å². The van der Waals surface area contributed by atoms with E-state index in [9.17, 15) is 0 Å². The van der Waals surface area contributed by atoms with Crippen LogP contribution in [0.1, 0.15) is 38.2 Å². The highest BCUT2D eigenvalue weighted by Gasteiger charge is 1.99. The van der Waals surface area contributed by atoms with Crippen molar-refractivity contribution in [2.75, 3.05) is 13.2 Å². The van der Waals surface area contributed by atoms with E-state index in [2.05, 4.69) is 11.8 Å². The van der Waals surface area contributed by atoms with Gasteiger partial charge in [0.2, 0.25) is 0 Å². The molecule has 0 saturated heterocycles. The Morgan fingerprint density at radius 3 is 2.55 bits per heavy atom. The van der Waals surface area contributed by atoms with Crippen molar-refractivity contribution in [2.24, 2.45) is 0 Å². The summed E-state index contributed by atoms with van der Waals surface area (Å²) in [7, 11) is 0. The number of aliphatic hydroxyl groups is 1. The Labute approximate surface area is 120 Å². The number of aliphatic hydroxyl groups excluding tert-OH is 1. The molecule has 1 aromatic carbocycles. The van der Waals surface area contributed by atoms with Gasteiger partial charge in [-0.25, -0.2) is 0 Å². The minimum atomic E-state index is 0.219. The largest absolute Gasteiger partial charge is 0.494 e. The van der Waals surface area contributed by atoms with E-state index >= 15 is 0 Å². The van der Waals surface area contributed by atoms with Gasteiger partial charge >= 0.3 is 0 Å². The summed E-state index contributed by atoms with van der Waals surface area (Å²) in [5.41, 5.74) is 5.09. The van der Waals surface area contributed by atoms with Gasteiger partial charge < -0.3 is 9.84 Å². The van der Waals surface area contributed by atoms with E-state index in [-0.39, 0.29) is 6.61 Å². The molecule has 0 saturated carbocycles. The quantitative estimate of drug-likeness (QED) is 0.580. The van der Waals surface area contributed by atoms with E-state index in [1.165, 1.54) is 5.57 Å². The number of hydrogen-bond donors (Lipinski definition) is 1. The van der Waals surface area contributed by atoms with Crippen LogP contribution < -0.4 is 4.74 Å². The van der Waals surface area contributed by atoms with Gasteiger partial charge in [0.1, 0.15) is 5.75 Å². The molecule has 0 heterocycles. The third kappa shape index (κ3) is 6.24. The fourth-order valence-electron chi connectivity index (χ4n) is 1.87. The molecule has 0 aliphatic carbocycles. The molecule has 1 N–H and O–H groups in total. The van der Waals surface area contributed by atoms with Crippen LogP contribution in [0.3, 0.4) is 0 Å². The first-order chi connectivity index (χ1) is 9.80. The zero-order valence-electron chi connectivity index (χ0n) is 11.9. The molecule has 0 unspecified atom stereocenters. The predicted octanol–water partition coefficient (Wildman–Crippen LogP) is 3.59. The van der Waals surface area contributed by atoms with Crippen LogP contribution >= 0.6 is 0 Å². The maximum Gasteiger partial charge on any atom is 0.119 e. The van der Waals surface area contributed by atoms with Crippen molar-refractivity contribution in [3.63, 3.8) is 0 Å². The second-order valence-electron chi connectivity index (χ2n) is 4.45. The third-order valence-electron chi connectivity index (χ3n) is 2.86. The molecule has 0 aliphatic heterocycles. The van der Waals surface area contributed by atoms with E-state index in [4.69, 9.17) is 15.1 Å². The zero-order chi connectivity index (χ0) is 14.6. The minimum absolute atomic E-state index is 0.219. The van der Waals surface area contributed by atoms with Crippen LogP contribution in [-0.4, -0.2) is 18.3 Å². The predicted molar refractivity (Wildman–Crippen MR) is 79.5 cm³/mol. The number of rotatable bonds is 8. The summed E-state index contributed by atoms with van der Waals surface area (Å²) in [6, 6.07) is 9.21. The number of benzene rings is 1. The highest BCUT2D eigenvalue weighted by Crippen LogP contribution is 2.14. The van der Waals surface area contributed by atoms with Crippen molar-refractivity contribution in [1.82, 2.24) is 0 Å². The lowest BCUT2D eigenvalue weighted by atomic mass is 10.1. The SMILES string of the molecule is CC=C=C(CCCO)CCCOc1ccc(C#N)cc1. The summed E-state index contributed by atoms with van der Waals surface area (Å²) >= 11 is 0. The van der Waals surface area contributed by atoms with E-state index in [1.807, 2.05) is 25.1 Å². The summed E-state index contributed by atoms with van der Waals surface area (Å²) in [6.07, 6.45) is 5.43. The van der Waals surface area contributed by atoms with Gasteiger partial charge in [0.05, 0.1) is 18.2 Å². The maximum atomic E-state index is 8.85. The van der Waals surface area contributed by atoms with Crippen LogP contribution in [0, 0.1) is 11.3 Å². The number of hydrogen-bond acceptors (Lipinski definition) is 3. The van der Waals surface area contributed by atoms with Gasteiger partial charge in [0.25, 0.3) is 0 Å². The van der Waals surface area contributed by atoms with Gasteiger partial charge in [-0.15, -0.1) is 5.73 Å². The van der Waals surface area contributed by atoms with Crippen LogP contribution in [0.2, 0.25) is 0 Å². The molecule has 0 radical (unpaired) electrons. The lowest BCUT2D eigenvalue weighted by molar-refractivity contribution is 0.286. The molecule has 1 aromatic rings. The van der Waals surface area contributed by atoms with E-state index in [0.717, 1.165) is 31.4 Å². The van der Waals surface area contributed by atoms with Gasteiger partial charge in [-0.3, -0.25) is 0 Å². The molecule has 20 heavy (non-hydrogen) atoms. The average molecular weight is 271 g/mol. The molecule has 0 aromatic heterocycles. The van der Waals surface area contributed by atoms with Crippen LogP contribution in [0.15, 0.2) is 41.6 Å². The second-order valence-corrected chi connectivity index (χ2v) is 4.45. The molecule has 0 atom stereocenters. The molecule has 0 aliphatic rings. The molecule has 0 bridgehead atoms. The highest BCUT2D eigenvalue weighted by molar-refractivity contribution is 5.34. The summed E-state index contributed by atoms with van der Waals surface area (Å²) in [5, 5.41) is 17.6. The Morgan fingerprint density at radius 1 is 1.25 bits per heavy atom. The Kier molecular flexibility index (Phi) is 7.91.